The standard InChI is InChI=1S/C20H20N4O2S/c21-8-12-1-3-13(4-2-12)19(25)23-10-16-24-18-14-5-6-20(7-14,26-16)17(18)15-9-22-11-27-15/h1-6,11,14-18,24H,7,9-10H2,(H,23,25). The second kappa shape index (κ2) is 6.48. The molecule has 2 heterocycles. The molecule has 0 radical (unpaired) electrons. The van der Waals surface area contributed by atoms with Crippen LogP contribution in [0.25, 0.3) is 0 Å². The van der Waals surface area contributed by atoms with E-state index in [1.54, 1.807) is 24.3 Å². The molecule has 6 unspecified atom stereocenters. The largest absolute Gasteiger partial charge is 0.351 e. The number of fused-ring (bicyclic) bond motifs is 3. The number of ether oxygens (including phenoxy) is 1. The number of aliphatic imine (C=N–C) groups is 1. The van der Waals surface area contributed by atoms with E-state index >= 15 is 0 Å². The number of nitrogens with one attached hydrogen (secondary N) is 2. The van der Waals surface area contributed by atoms with Gasteiger partial charge in [-0.15, -0.1) is 11.8 Å². The number of carbonyl (C=O) groups excluding carboxylic acids is 1. The van der Waals surface area contributed by atoms with Crippen LogP contribution in [0.1, 0.15) is 22.3 Å². The van der Waals surface area contributed by atoms with Gasteiger partial charge in [-0.05, 0) is 36.6 Å². The van der Waals surface area contributed by atoms with E-state index in [0.717, 1.165) is 13.0 Å². The first kappa shape index (κ1) is 17.0. The highest BCUT2D eigenvalue weighted by atomic mass is 32.2. The van der Waals surface area contributed by atoms with E-state index in [2.05, 4.69) is 33.8 Å². The lowest BCUT2D eigenvalue weighted by molar-refractivity contribution is -0.130. The third-order valence-corrected chi connectivity index (χ3v) is 7.12. The highest BCUT2D eigenvalue weighted by Crippen LogP contribution is 2.55. The fourth-order valence-corrected chi connectivity index (χ4v) is 5.97. The predicted molar refractivity (Wildman–Crippen MR) is 103 cm³/mol. The number of nitrogens with zero attached hydrogens (tertiary/aromatic N) is 2. The third-order valence-electron chi connectivity index (χ3n) is 6.05. The SMILES string of the molecule is N#Cc1ccc(C(=O)NCC2NC3C4C=CC(C4)(O2)C3C2CN=CS2)cc1. The molecule has 2 aliphatic carbocycles. The zero-order chi connectivity index (χ0) is 18.4. The van der Waals surface area contributed by atoms with E-state index in [1.165, 1.54) is 0 Å². The Hall–Kier alpha value is -2.14. The summed E-state index contributed by atoms with van der Waals surface area (Å²) in [6.45, 7) is 1.28. The smallest absolute Gasteiger partial charge is 0.251 e. The summed E-state index contributed by atoms with van der Waals surface area (Å²) >= 11 is 1.81. The minimum atomic E-state index is -0.226. The Morgan fingerprint density at radius 2 is 2.30 bits per heavy atom. The van der Waals surface area contributed by atoms with Crippen molar-refractivity contribution in [1.82, 2.24) is 10.6 Å². The van der Waals surface area contributed by atoms with Crippen molar-refractivity contribution in [2.45, 2.75) is 29.5 Å². The number of rotatable bonds is 4. The van der Waals surface area contributed by atoms with Crippen LogP contribution in [-0.2, 0) is 4.74 Å². The highest BCUT2D eigenvalue weighted by molar-refractivity contribution is 8.12. The molecule has 6 nitrogen and oxygen atoms in total. The fourth-order valence-electron chi connectivity index (χ4n) is 4.90. The fraction of sp³-hybridized carbons (Fsp3) is 0.450. The van der Waals surface area contributed by atoms with Gasteiger partial charge in [-0.3, -0.25) is 15.1 Å². The third kappa shape index (κ3) is 2.80. The molecule has 138 valence electrons. The van der Waals surface area contributed by atoms with Gasteiger partial charge in [-0.2, -0.15) is 5.26 Å². The molecule has 7 heteroatoms. The van der Waals surface area contributed by atoms with Gasteiger partial charge in [0, 0.05) is 22.8 Å². The maximum atomic E-state index is 12.4. The first-order chi connectivity index (χ1) is 13.2. The maximum absolute atomic E-state index is 12.4. The zero-order valence-corrected chi connectivity index (χ0v) is 15.5. The molecule has 0 aromatic heterocycles. The molecule has 27 heavy (non-hydrogen) atoms. The molecule has 4 aliphatic rings. The van der Waals surface area contributed by atoms with Gasteiger partial charge in [0.15, 0.2) is 0 Å². The van der Waals surface area contributed by atoms with Crippen molar-refractivity contribution >= 4 is 23.2 Å². The van der Waals surface area contributed by atoms with E-state index in [9.17, 15) is 4.79 Å². The Bertz CT molecular complexity index is 854. The molecule has 2 aliphatic heterocycles. The van der Waals surface area contributed by atoms with Crippen molar-refractivity contribution in [2.24, 2.45) is 16.8 Å². The van der Waals surface area contributed by atoms with Crippen molar-refractivity contribution in [1.29, 1.82) is 5.26 Å². The van der Waals surface area contributed by atoms with Crippen molar-refractivity contribution in [3.8, 4) is 6.07 Å². The molecule has 3 bridgehead atoms. The number of hydrogen-bond acceptors (Lipinski definition) is 6. The average Bonchev–Trinajstić information content (AvgIpc) is 3.39. The number of nitriles is 1. The van der Waals surface area contributed by atoms with Crippen LogP contribution in [0.2, 0.25) is 0 Å². The monoisotopic (exact) mass is 380 g/mol. The summed E-state index contributed by atoms with van der Waals surface area (Å²) in [5.41, 5.74) is 2.82. The van der Waals surface area contributed by atoms with Crippen LogP contribution in [0.4, 0.5) is 0 Å². The van der Waals surface area contributed by atoms with Gasteiger partial charge < -0.3 is 10.1 Å². The summed E-state index contributed by atoms with van der Waals surface area (Å²) in [5.74, 6) is 0.762. The van der Waals surface area contributed by atoms with Crippen molar-refractivity contribution in [2.75, 3.05) is 13.1 Å². The van der Waals surface area contributed by atoms with Crippen LogP contribution in [0.5, 0.6) is 0 Å². The normalized spacial score (nSPS) is 38.1. The molecule has 1 aromatic rings. The predicted octanol–water partition coefficient (Wildman–Crippen LogP) is 1.69. The molecule has 1 spiro atoms. The Labute approximate surface area is 162 Å². The van der Waals surface area contributed by atoms with Gasteiger partial charge in [0.1, 0.15) is 6.23 Å². The molecule has 2 N–H and O–H groups in total. The van der Waals surface area contributed by atoms with Gasteiger partial charge in [-0.25, -0.2) is 0 Å². The van der Waals surface area contributed by atoms with E-state index < -0.39 is 0 Å². The molecule has 5 rings (SSSR count). The van der Waals surface area contributed by atoms with Crippen LogP contribution in [0.3, 0.4) is 0 Å². The molecule has 1 saturated heterocycles. The van der Waals surface area contributed by atoms with Gasteiger partial charge in [0.25, 0.3) is 5.91 Å². The zero-order valence-electron chi connectivity index (χ0n) is 14.7. The maximum Gasteiger partial charge on any atom is 0.251 e. The number of benzene rings is 1. The second-order valence-corrected chi connectivity index (χ2v) is 8.64. The summed E-state index contributed by atoms with van der Waals surface area (Å²) in [5, 5.41) is 15.9. The summed E-state index contributed by atoms with van der Waals surface area (Å²) in [7, 11) is 0. The topological polar surface area (TPSA) is 86.5 Å². The molecule has 6 atom stereocenters. The Balaban J connectivity index is 1.24. The summed E-state index contributed by atoms with van der Waals surface area (Å²) < 4.78 is 6.48. The number of hydrogen-bond donors (Lipinski definition) is 2. The quantitative estimate of drug-likeness (QED) is 0.777. The minimum Gasteiger partial charge on any atom is -0.351 e. The van der Waals surface area contributed by atoms with E-state index in [-0.39, 0.29) is 17.7 Å². The summed E-state index contributed by atoms with van der Waals surface area (Å²) in [6.07, 6.45) is 5.34. The van der Waals surface area contributed by atoms with Crippen LogP contribution < -0.4 is 10.6 Å². The molecule has 1 aromatic carbocycles. The summed E-state index contributed by atoms with van der Waals surface area (Å²) in [4.78, 5) is 16.8. The number of thioether (sulfide) groups is 1. The first-order valence-electron chi connectivity index (χ1n) is 9.24. The molecule has 1 amide bonds. The van der Waals surface area contributed by atoms with Crippen LogP contribution in [0, 0.1) is 23.2 Å². The van der Waals surface area contributed by atoms with E-state index in [4.69, 9.17) is 10.00 Å². The molecule has 2 fully saturated rings. The van der Waals surface area contributed by atoms with E-state index in [1.807, 2.05) is 17.3 Å². The molecular formula is C20H20N4O2S. The first-order valence-corrected chi connectivity index (χ1v) is 10.2. The van der Waals surface area contributed by atoms with Gasteiger partial charge in [-0.1, -0.05) is 12.2 Å². The van der Waals surface area contributed by atoms with Gasteiger partial charge in [0.05, 0.1) is 35.9 Å². The highest BCUT2D eigenvalue weighted by Gasteiger charge is 2.62. The van der Waals surface area contributed by atoms with Gasteiger partial charge >= 0.3 is 0 Å². The number of amides is 1. The van der Waals surface area contributed by atoms with Crippen molar-refractivity contribution in [3.05, 3.63) is 47.5 Å². The molecular weight excluding hydrogens is 360 g/mol. The van der Waals surface area contributed by atoms with Crippen molar-refractivity contribution < 1.29 is 9.53 Å². The minimum absolute atomic E-state index is 0.155. The van der Waals surface area contributed by atoms with Crippen LogP contribution >= 0.6 is 11.8 Å². The van der Waals surface area contributed by atoms with E-state index in [0.29, 0.717) is 40.8 Å². The summed E-state index contributed by atoms with van der Waals surface area (Å²) in [6, 6.07) is 9.08. The Morgan fingerprint density at radius 1 is 1.44 bits per heavy atom. The Morgan fingerprint density at radius 3 is 3.00 bits per heavy atom. The lowest BCUT2D eigenvalue weighted by atomic mass is 9.81. The molecule has 1 saturated carbocycles. The average molecular weight is 380 g/mol. The van der Waals surface area contributed by atoms with Gasteiger partial charge in [0.2, 0.25) is 0 Å². The number of carbonyl (C=O) groups is 1. The lowest BCUT2D eigenvalue weighted by Gasteiger charge is -2.47. The van der Waals surface area contributed by atoms with Crippen LogP contribution in [0.15, 0.2) is 41.4 Å². The van der Waals surface area contributed by atoms with Crippen molar-refractivity contribution in [3.63, 3.8) is 0 Å². The van der Waals surface area contributed by atoms with Crippen LogP contribution in [-0.4, -0.2) is 47.7 Å². The lowest BCUT2D eigenvalue weighted by Crippen LogP contribution is -2.63. The second-order valence-electron chi connectivity index (χ2n) is 7.55. The Kier molecular flexibility index (Phi) is 4.08.